The van der Waals surface area contributed by atoms with E-state index in [0.717, 1.165) is 50.8 Å². The first-order valence-electron chi connectivity index (χ1n) is 14.1. The number of benzene rings is 5. The summed E-state index contributed by atoms with van der Waals surface area (Å²) in [7, 11) is 0. The van der Waals surface area contributed by atoms with E-state index in [4.69, 9.17) is 15.6 Å². The van der Waals surface area contributed by atoms with Crippen LogP contribution in [0.15, 0.2) is 133 Å². The quantitative estimate of drug-likeness (QED) is 0.140. The highest BCUT2D eigenvalue weighted by atomic mass is 16.5. The van der Waals surface area contributed by atoms with Gasteiger partial charge in [-0.05, 0) is 47.0 Å². The second kappa shape index (κ2) is 10.7. The third-order valence-corrected chi connectivity index (χ3v) is 8.11. The van der Waals surface area contributed by atoms with E-state index in [1.54, 1.807) is 0 Å². The van der Waals surface area contributed by atoms with Gasteiger partial charge in [-0.3, -0.25) is 4.79 Å². The summed E-state index contributed by atoms with van der Waals surface area (Å²) in [4.78, 5) is 13.5. The van der Waals surface area contributed by atoms with Crippen LogP contribution in [0, 0.1) is 0 Å². The molecular formula is C36H30N4O2. The summed E-state index contributed by atoms with van der Waals surface area (Å²) in [6.07, 6.45) is 0.286. The molecule has 1 aliphatic heterocycles. The Morgan fingerprint density at radius 2 is 1.33 bits per heavy atom. The zero-order valence-corrected chi connectivity index (χ0v) is 23.0. The number of hydrogen-bond acceptors (Lipinski definition) is 5. The normalized spacial score (nSPS) is 15.2. The first-order chi connectivity index (χ1) is 20.7. The predicted molar refractivity (Wildman–Crippen MR) is 167 cm³/mol. The van der Waals surface area contributed by atoms with Crippen LogP contribution in [0.2, 0.25) is 0 Å². The maximum Gasteiger partial charge on any atom is 0.186 e. The number of ether oxygens (including phenoxy) is 1. The maximum atomic E-state index is 11.5. The molecule has 6 aromatic rings. The molecule has 206 valence electrons. The maximum absolute atomic E-state index is 11.5. The number of aldehydes is 1. The van der Waals surface area contributed by atoms with Gasteiger partial charge in [0.1, 0.15) is 11.2 Å². The molecule has 0 aliphatic carbocycles. The van der Waals surface area contributed by atoms with Gasteiger partial charge in [0.25, 0.3) is 0 Å². The molecule has 6 heteroatoms. The molecule has 0 radical (unpaired) electrons. The number of fused-ring (bicyclic) bond motifs is 1. The number of anilines is 2. The first-order valence-corrected chi connectivity index (χ1v) is 14.1. The molecule has 6 nitrogen and oxygen atoms in total. The highest BCUT2D eigenvalue weighted by Gasteiger charge is 2.41. The molecule has 5 aromatic carbocycles. The van der Waals surface area contributed by atoms with Crippen LogP contribution in [0.25, 0.3) is 22.2 Å². The molecule has 1 saturated heterocycles. The zero-order chi connectivity index (χ0) is 28.5. The Hall–Kier alpha value is -5.20. The van der Waals surface area contributed by atoms with Crippen molar-refractivity contribution in [1.82, 2.24) is 9.78 Å². The van der Waals surface area contributed by atoms with Crippen LogP contribution in [0.1, 0.15) is 16.7 Å². The van der Waals surface area contributed by atoms with Gasteiger partial charge in [-0.15, -0.1) is 0 Å². The lowest BCUT2D eigenvalue weighted by Gasteiger charge is -2.37. The minimum Gasteiger partial charge on any atom is -0.399 e. The lowest BCUT2D eigenvalue weighted by Crippen LogP contribution is -2.38. The van der Waals surface area contributed by atoms with E-state index in [0.29, 0.717) is 18.8 Å². The molecule has 0 amide bonds. The second-order valence-corrected chi connectivity index (χ2v) is 10.5. The molecule has 42 heavy (non-hydrogen) atoms. The molecule has 1 aromatic heterocycles. The van der Waals surface area contributed by atoms with E-state index in [1.807, 2.05) is 47.4 Å². The molecule has 2 N–H and O–H groups in total. The Bertz CT molecular complexity index is 1740. The third-order valence-electron chi connectivity index (χ3n) is 8.11. The zero-order valence-electron chi connectivity index (χ0n) is 23.0. The fourth-order valence-corrected chi connectivity index (χ4v) is 6.20. The number of rotatable bonds is 7. The monoisotopic (exact) mass is 550 g/mol. The first kappa shape index (κ1) is 25.7. The Morgan fingerprint density at radius 1 is 0.762 bits per heavy atom. The number of nitrogens with two attached hydrogens (primary N) is 1. The third kappa shape index (κ3) is 4.16. The van der Waals surface area contributed by atoms with Gasteiger partial charge < -0.3 is 15.4 Å². The SMILES string of the molecule is Nc1ccc2c(c1)c(-c1ccc(N3CCOC3C=O)cc1)nn2C(c1ccccc1)(c1ccccc1)c1ccccc1. The van der Waals surface area contributed by atoms with Gasteiger partial charge in [0, 0.05) is 28.9 Å². The fraction of sp³-hybridized carbons (Fsp3) is 0.111. The number of carbonyl (C=O) groups is 1. The van der Waals surface area contributed by atoms with Crippen LogP contribution in [0.5, 0.6) is 0 Å². The molecule has 0 bridgehead atoms. The van der Waals surface area contributed by atoms with E-state index in [2.05, 4.69) is 95.7 Å². The van der Waals surface area contributed by atoms with Crippen molar-refractivity contribution in [2.45, 2.75) is 11.8 Å². The van der Waals surface area contributed by atoms with Crippen LogP contribution in [0.4, 0.5) is 11.4 Å². The van der Waals surface area contributed by atoms with E-state index < -0.39 is 11.8 Å². The molecular weight excluding hydrogens is 520 g/mol. The van der Waals surface area contributed by atoms with Gasteiger partial charge in [-0.2, -0.15) is 5.10 Å². The van der Waals surface area contributed by atoms with Crippen molar-refractivity contribution in [3.63, 3.8) is 0 Å². The summed E-state index contributed by atoms with van der Waals surface area (Å²) < 4.78 is 7.70. The van der Waals surface area contributed by atoms with Gasteiger partial charge in [0.05, 0.1) is 12.1 Å². The Balaban J connectivity index is 1.50. The lowest BCUT2D eigenvalue weighted by atomic mass is 9.77. The van der Waals surface area contributed by atoms with Gasteiger partial charge in [-0.1, -0.05) is 103 Å². The predicted octanol–water partition coefficient (Wildman–Crippen LogP) is 6.49. The molecule has 1 fully saturated rings. The van der Waals surface area contributed by atoms with Crippen LogP contribution in [0.3, 0.4) is 0 Å². The van der Waals surface area contributed by atoms with Gasteiger partial charge >= 0.3 is 0 Å². The Morgan fingerprint density at radius 3 is 1.88 bits per heavy atom. The second-order valence-electron chi connectivity index (χ2n) is 10.5. The van der Waals surface area contributed by atoms with Crippen molar-refractivity contribution >= 4 is 28.6 Å². The van der Waals surface area contributed by atoms with Crippen molar-refractivity contribution in [2.24, 2.45) is 0 Å². The minimum atomic E-state index is -0.763. The van der Waals surface area contributed by atoms with E-state index in [1.165, 1.54) is 0 Å². The summed E-state index contributed by atoms with van der Waals surface area (Å²) in [5.74, 6) is 0. The number of carbonyl (C=O) groups excluding carboxylic acids is 1. The largest absolute Gasteiger partial charge is 0.399 e. The van der Waals surface area contributed by atoms with E-state index >= 15 is 0 Å². The van der Waals surface area contributed by atoms with Gasteiger partial charge in [0.2, 0.25) is 0 Å². The highest BCUT2D eigenvalue weighted by Crippen LogP contribution is 2.44. The molecule has 1 aliphatic rings. The Labute approximate surface area is 244 Å². The average molecular weight is 551 g/mol. The molecule has 7 rings (SSSR count). The highest BCUT2D eigenvalue weighted by molar-refractivity contribution is 5.96. The van der Waals surface area contributed by atoms with Crippen molar-refractivity contribution < 1.29 is 9.53 Å². The summed E-state index contributed by atoms with van der Waals surface area (Å²) in [6, 6.07) is 45.8. The number of aromatic nitrogens is 2. The molecule has 1 atom stereocenters. The number of nitrogens with zero attached hydrogens (tertiary/aromatic N) is 3. The van der Waals surface area contributed by atoms with E-state index in [-0.39, 0.29) is 0 Å². The topological polar surface area (TPSA) is 73.4 Å². The summed E-state index contributed by atoms with van der Waals surface area (Å²) in [6.45, 7) is 1.20. The summed E-state index contributed by atoms with van der Waals surface area (Å²) >= 11 is 0. The van der Waals surface area contributed by atoms with Crippen LogP contribution >= 0.6 is 0 Å². The van der Waals surface area contributed by atoms with Crippen molar-refractivity contribution in [3.05, 3.63) is 150 Å². The fourth-order valence-electron chi connectivity index (χ4n) is 6.20. The molecule has 2 heterocycles. The smallest absolute Gasteiger partial charge is 0.186 e. The molecule has 1 unspecified atom stereocenters. The molecule has 0 saturated carbocycles. The number of hydrogen-bond donors (Lipinski definition) is 1. The number of nitrogen functional groups attached to an aromatic ring is 1. The van der Waals surface area contributed by atoms with Crippen LogP contribution in [-0.2, 0) is 15.1 Å². The van der Waals surface area contributed by atoms with Crippen molar-refractivity contribution in [3.8, 4) is 11.3 Å². The van der Waals surface area contributed by atoms with Crippen molar-refractivity contribution in [2.75, 3.05) is 23.8 Å². The van der Waals surface area contributed by atoms with Gasteiger partial charge in [0.15, 0.2) is 12.5 Å². The average Bonchev–Trinajstić information content (AvgIpc) is 3.68. The summed E-state index contributed by atoms with van der Waals surface area (Å²) in [5, 5.41) is 6.39. The van der Waals surface area contributed by atoms with Gasteiger partial charge in [-0.25, -0.2) is 4.68 Å². The van der Waals surface area contributed by atoms with Crippen LogP contribution < -0.4 is 10.6 Å². The summed E-state index contributed by atoms with van der Waals surface area (Å²) in [5.41, 5.74) is 13.3. The van der Waals surface area contributed by atoms with Crippen molar-refractivity contribution in [1.29, 1.82) is 0 Å². The standard InChI is InChI=1S/C36H30N4O2/c37-30-18-21-33-32(24-30)35(26-16-19-31(20-17-26)39-22-23-42-34(39)25-41)38-40(33)36(27-10-4-1-5-11-27,28-12-6-2-7-13-28)29-14-8-3-9-15-29/h1-21,24-25,34H,22-23,37H2. The Kier molecular flexibility index (Phi) is 6.53. The lowest BCUT2D eigenvalue weighted by molar-refractivity contribution is -0.115. The minimum absolute atomic E-state index is 0.528. The van der Waals surface area contributed by atoms with E-state index in [9.17, 15) is 4.79 Å². The van der Waals surface area contributed by atoms with Crippen LogP contribution in [-0.4, -0.2) is 35.4 Å². The molecule has 0 spiro atoms.